The smallest absolute Gasteiger partial charge is 0.127 e. The molecule has 0 bridgehead atoms. The third-order valence-corrected chi connectivity index (χ3v) is 4.27. The Balaban J connectivity index is 1.75. The molecule has 1 aromatic heterocycles. The number of nitrogen functional groups attached to an aromatic ring is 1. The van der Waals surface area contributed by atoms with E-state index in [-0.39, 0.29) is 0 Å². The fourth-order valence-corrected chi connectivity index (χ4v) is 2.90. The number of hydrogen-bond acceptors (Lipinski definition) is 4. The summed E-state index contributed by atoms with van der Waals surface area (Å²) in [6, 6.07) is 18.1. The van der Waals surface area contributed by atoms with E-state index in [1.165, 1.54) is 0 Å². The van der Waals surface area contributed by atoms with Crippen LogP contribution in [0.1, 0.15) is 0 Å². The van der Waals surface area contributed by atoms with Gasteiger partial charge in [-0.05, 0) is 29.7 Å². The molecule has 3 N–H and O–H groups in total. The third kappa shape index (κ3) is 2.73. The normalized spacial score (nSPS) is 14.6. The van der Waals surface area contributed by atoms with Crippen LogP contribution < -0.4 is 15.8 Å². The number of anilines is 1. The van der Waals surface area contributed by atoms with Gasteiger partial charge in [0.05, 0.1) is 12.3 Å². The fraction of sp³-hybridized carbons (Fsp3) is 0.211. The molecular weight excluding hydrogens is 286 g/mol. The molecule has 1 aliphatic heterocycles. The van der Waals surface area contributed by atoms with E-state index in [0.717, 1.165) is 47.5 Å². The first kappa shape index (κ1) is 14.0. The molecule has 0 unspecified atom stereocenters. The van der Waals surface area contributed by atoms with Crippen LogP contribution in [-0.4, -0.2) is 24.7 Å². The van der Waals surface area contributed by atoms with Gasteiger partial charge in [-0.1, -0.05) is 30.3 Å². The number of ether oxygens (including phenoxy) is 1. The van der Waals surface area contributed by atoms with Crippen LogP contribution in [0.15, 0.2) is 54.6 Å². The summed E-state index contributed by atoms with van der Waals surface area (Å²) in [7, 11) is 0. The SMILES string of the molecule is Nc1cccc(-c2ccc(OCC3CNC3)c3ccccc23)n1. The molecule has 0 aliphatic carbocycles. The summed E-state index contributed by atoms with van der Waals surface area (Å²) in [5, 5.41) is 5.52. The van der Waals surface area contributed by atoms with Crippen molar-refractivity contribution < 1.29 is 4.74 Å². The van der Waals surface area contributed by atoms with Gasteiger partial charge < -0.3 is 15.8 Å². The molecule has 2 heterocycles. The molecule has 1 fully saturated rings. The van der Waals surface area contributed by atoms with E-state index >= 15 is 0 Å². The molecule has 4 nitrogen and oxygen atoms in total. The molecule has 23 heavy (non-hydrogen) atoms. The quantitative estimate of drug-likeness (QED) is 0.777. The van der Waals surface area contributed by atoms with Crippen molar-refractivity contribution in [1.82, 2.24) is 10.3 Å². The number of aromatic nitrogens is 1. The molecule has 1 saturated heterocycles. The standard InChI is InChI=1S/C19H19N3O/c20-19-7-3-6-17(22-19)15-8-9-18(23-12-13-10-21-11-13)16-5-2-1-4-14(15)16/h1-9,13,21H,10-12H2,(H2,20,22). The summed E-state index contributed by atoms with van der Waals surface area (Å²) in [5.41, 5.74) is 7.79. The summed E-state index contributed by atoms with van der Waals surface area (Å²) in [6.07, 6.45) is 0. The van der Waals surface area contributed by atoms with Gasteiger partial charge in [-0.15, -0.1) is 0 Å². The van der Waals surface area contributed by atoms with Crippen molar-refractivity contribution in [2.24, 2.45) is 5.92 Å². The van der Waals surface area contributed by atoms with Gasteiger partial charge in [0.15, 0.2) is 0 Å². The van der Waals surface area contributed by atoms with Gasteiger partial charge in [-0.25, -0.2) is 4.98 Å². The zero-order valence-electron chi connectivity index (χ0n) is 12.8. The van der Waals surface area contributed by atoms with E-state index < -0.39 is 0 Å². The molecule has 4 rings (SSSR count). The second-order valence-corrected chi connectivity index (χ2v) is 5.94. The Hall–Kier alpha value is -2.59. The van der Waals surface area contributed by atoms with Gasteiger partial charge in [0, 0.05) is 30.0 Å². The maximum absolute atomic E-state index is 6.05. The summed E-state index contributed by atoms with van der Waals surface area (Å²) < 4.78 is 6.05. The van der Waals surface area contributed by atoms with Gasteiger partial charge in [0.25, 0.3) is 0 Å². The fourth-order valence-electron chi connectivity index (χ4n) is 2.90. The van der Waals surface area contributed by atoms with Crippen molar-refractivity contribution in [3.63, 3.8) is 0 Å². The lowest BCUT2D eigenvalue weighted by Crippen LogP contribution is -2.45. The number of nitrogens with one attached hydrogen (secondary N) is 1. The predicted molar refractivity (Wildman–Crippen MR) is 93.4 cm³/mol. The number of benzene rings is 2. The highest BCUT2D eigenvalue weighted by Crippen LogP contribution is 2.34. The second-order valence-electron chi connectivity index (χ2n) is 5.94. The van der Waals surface area contributed by atoms with Crippen LogP contribution in [-0.2, 0) is 0 Å². The molecular formula is C19H19N3O. The lowest BCUT2D eigenvalue weighted by atomic mass is 10.0. The van der Waals surface area contributed by atoms with E-state index in [0.29, 0.717) is 11.7 Å². The van der Waals surface area contributed by atoms with Crippen molar-refractivity contribution >= 4 is 16.6 Å². The van der Waals surface area contributed by atoms with Crippen LogP contribution in [0.4, 0.5) is 5.82 Å². The summed E-state index contributed by atoms with van der Waals surface area (Å²) in [6.45, 7) is 2.85. The van der Waals surface area contributed by atoms with Crippen molar-refractivity contribution in [3.05, 3.63) is 54.6 Å². The number of nitrogens with zero attached hydrogens (tertiary/aromatic N) is 1. The predicted octanol–water partition coefficient (Wildman–Crippen LogP) is 3.08. The van der Waals surface area contributed by atoms with Crippen molar-refractivity contribution in [2.45, 2.75) is 0 Å². The van der Waals surface area contributed by atoms with E-state index in [1.807, 2.05) is 30.3 Å². The average molecular weight is 305 g/mol. The summed E-state index contributed by atoms with van der Waals surface area (Å²) in [5.74, 6) is 2.08. The largest absolute Gasteiger partial charge is 0.493 e. The highest BCUT2D eigenvalue weighted by atomic mass is 16.5. The maximum atomic E-state index is 6.05. The molecule has 0 spiro atoms. The third-order valence-electron chi connectivity index (χ3n) is 4.27. The van der Waals surface area contributed by atoms with Crippen molar-refractivity contribution in [2.75, 3.05) is 25.4 Å². The number of pyridine rings is 1. The molecule has 0 saturated carbocycles. The molecule has 4 heteroatoms. The molecule has 0 atom stereocenters. The first-order valence-corrected chi connectivity index (χ1v) is 7.89. The minimum absolute atomic E-state index is 0.532. The zero-order valence-corrected chi connectivity index (χ0v) is 12.8. The Bertz CT molecular complexity index is 843. The Labute approximate surface area is 135 Å². The molecule has 0 amide bonds. The van der Waals surface area contributed by atoms with Crippen LogP contribution in [0.5, 0.6) is 5.75 Å². The number of rotatable bonds is 4. The summed E-state index contributed by atoms with van der Waals surface area (Å²) in [4.78, 5) is 4.45. The van der Waals surface area contributed by atoms with Gasteiger partial charge in [-0.3, -0.25) is 0 Å². The van der Waals surface area contributed by atoms with Crippen molar-refractivity contribution in [3.8, 4) is 17.0 Å². The van der Waals surface area contributed by atoms with Gasteiger partial charge in [-0.2, -0.15) is 0 Å². The minimum atomic E-state index is 0.532. The topological polar surface area (TPSA) is 60.2 Å². The number of hydrogen-bond donors (Lipinski definition) is 2. The Morgan fingerprint density at radius 3 is 2.57 bits per heavy atom. The number of nitrogens with two attached hydrogens (primary N) is 1. The highest BCUT2D eigenvalue weighted by molar-refractivity contribution is 5.99. The Morgan fingerprint density at radius 1 is 1.00 bits per heavy atom. The average Bonchev–Trinajstić information content (AvgIpc) is 2.53. The Kier molecular flexibility index (Phi) is 3.60. The second kappa shape index (κ2) is 5.89. The lowest BCUT2D eigenvalue weighted by Gasteiger charge is -2.27. The monoisotopic (exact) mass is 305 g/mol. The molecule has 2 aromatic carbocycles. The molecule has 3 aromatic rings. The van der Waals surface area contributed by atoms with Crippen LogP contribution in [0.3, 0.4) is 0 Å². The maximum Gasteiger partial charge on any atom is 0.127 e. The molecule has 0 radical (unpaired) electrons. The van der Waals surface area contributed by atoms with Crippen molar-refractivity contribution in [1.29, 1.82) is 0 Å². The zero-order chi connectivity index (χ0) is 15.6. The summed E-state index contributed by atoms with van der Waals surface area (Å²) >= 11 is 0. The first-order chi connectivity index (χ1) is 11.3. The van der Waals surface area contributed by atoms with Gasteiger partial charge in [0.2, 0.25) is 0 Å². The van der Waals surface area contributed by atoms with E-state index in [4.69, 9.17) is 10.5 Å². The Morgan fingerprint density at radius 2 is 1.83 bits per heavy atom. The van der Waals surface area contributed by atoms with Crippen LogP contribution >= 0.6 is 0 Å². The van der Waals surface area contributed by atoms with Gasteiger partial charge >= 0.3 is 0 Å². The van der Waals surface area contributed by atoms with Gasteiger partial charge in [0.1, 0.15) is 11.6 Å². The minimum Gasteiger partial charge on any atom is -0.493 e. The first-order valence-electron chi connectivity index (χ1n) is 7.89. The lowest BCUT2D eigenvalue weighted by molar-refractivity contribution is 0.201. The number of fused-ring (bicyclic) bond motifs is 1. The van der Waals surface area contributed by atoms with Crippen LogP contribution in [0.2, 0.25) is 0 Å². The molecule has 116 valence electrons. The van der Waals surface area contributed by atoms with E-state index in [1.54, 1.807) is 6.07 Å². The molecule has 1 aliphatic rings. The highest BCUT2D eigenvalue weighted by Gasteiger charge is 2.18. The van der Waals surface area contributed by atoms with E-state index in [9.17, 15) is 0 Å². The van der Waals surface area contributed by atoms with Crippen LogP contribution in [0, 0.1) is 5.92 Å². The van der Waals surface area contributed by atoms with Crippen LogP contribution in [0.25, 0.3) is 22.0 Å². The van der Waals surface area contributed by atoms with E-state index in [2.05, 4.69) is 28.5 Å².